The summed E-state index contributed by atoms with van der Waals surface area (Å²) in [6.45, 7) is 2.30. The number of carbonyl (C=O) groups is 1. The highest BCUT2D eigenvalue weighted by Crippen LogP contribution is 2.30. The highest BCUT2D eigenvalue weighted by molar-refractivity contribution is 5.87. The fourth-order valence-corrected chi connectivity index (χ4v) is 1.17. The standard InChI is InChI=1S/C12H14O4/c1-3-16-10-6-4-5-9(12(10)14)7-8-11(13)15-2/h4-8,14H,3H2,1-2H3. The zero-order chi connectivity index (χ0) is 12.0. The van der Waals surface area contributed by atoms with Gasteiger partial charge in [0.1, 0.15) is 0 Å². The predicted octanol–water partition coefficient (Wildman–Crippen LogP) is 1.98. The number of phenolic OH excluding ortho intramolecular Hbond substituents is 1. The molecular weight excluding hydrogens is 208 g/mol. The van der Waals surface area contributed by atoms with Crippen LogP contribution in [0.25, 0.3) is 6.08 Å². The molecule has 1 rings (SSSR count). The summed E-state index contributed by atoms with van der Waals surface area (Å²) in [6.07, 6.45) is 2.72. The SMILES string of the molecule is CCOc1cccc(C=CC(=O)OC)c1O. The molecule has 0 amide bonds. The topological polar surface area (TPSA) is 55.8 Å². The van der Waals surface area contributed by atoms with E-state index in [-0.39, 0.29) is 5.75 Å². The van der Waals surface area contributed by atoms with E-state index >= 15 is 0 Å². The second-order valence-corrected chi connectivity index (χ2v) is 2.98. The van der Waals surface area contributed by atoms with E-state index < -0.39 is 5.97 Å². The van der Waals surface area contributed by atoms with Crippen molar-refractivity contribution in [1.29, 1.82) is 0 Å². The van der Waals surface area contributed by atoms with E-state index in [9.17, 15) is 9.90 Å². The van der Waals surface area contributed by atoms with E-state index in [1.165, 1.54) is 19.3 Å². The second-order valence-electron chi connectivity index (χ2n) is 2.98. The van der Waals surface area contributed by atoms with E-state index in [1.807, 2.05) is 6.92 Å². The highest BCUT2D eigenvalue weighted by Gasteiger charge is 2.05. The molecule has 0 unspecified atom stereocenters. The summed E-state index contributed by atoms with van der Waals surface area (Å²) in [5, 5.41) is 9.78. The summed E-state index contributed by atoms with van der Waals surface area (Å²) in [6, 6.07) is 5.08. The largest absolute Gasteiger partial charge is 0.504 e. The van der Waals surface area contributed by atoms with E-state index in [2.05, 4.69) is 4.74 Å². The van der Waals surface area contributed by atoms with Gasteiger partial charge in [0.05, 0.1) is 13.7 Å². The van der Waals surface area contributed by atoms with Crippen LogP contribution in [0.15, 0.2) is 24.3 Å². The number of rotatable bonds is 4. The first kappa shape index (κ1) is 12.1. The lowest BCUT2D eigenvalue weighted by molar-refractivity contribution is -0.134. The smallest absolute Gasteiger partial charge is 0.330 e. The molecule has 86 valence electrons. The van der Waals surface area contributed by atoms with Crippen molar-refractivity contribution in [3.8, 4) is 11.5 Å². The molecule has 0 saturated heterocycles. The van der Waals surface area contributed by atoms with Crippen LogP contribution in [0, 0.1) is 0 Å². The molecule has 4 heteroatoms. The molecule has 1 aromatic carbocycles. The van der Waals surface area contributed by atoms with Gasteiger partial charge in [-0.25, -0.2) is 4.79 Å². The molecule has 16 heavy (non-hydrogen) atoms. The van der Waals surface area contributed by atoms with Gasteiger partial charge in [-0.2, -0.15) is 0 Å². The summed E-state index contributed by atoms with van der Waals surface area (Å²) in [5.74, 6) is -0.0553. The minimum atomic E-state index is -0.471. The Hall–Kier alpha value is -1.97. The van der Waals surface area contributed by atoms with Crippen molar-refractivity contribution in [1.82, 2.24) is 0 Å². The van der Waals surface area contributed by atoms with Crippen LogP contribution < -0.4 is 4.74 Å². The lowest BCUT2D eigenvalue weighted by Crippen LogP contribution is -1.94. The Morgan fingerprint density at radius 3 is 2.88 bits per heavy atom. The first-order valence-electron chi connectivity index (χ1n) is 4.89. The third kappa shape index (κ3) is 3.02. The maximum Gasteiger partial charge on any atom is 0.330 e. The summed E-state index contributed by atoms with van der Waals surface area (Å²) < 4.78 is 9.66. The van der Waals surface area contributed by atoms with Crippen molar-refractivity contribution in [2.75, 3.05) is 13.7 Å². The number of methoxy groups -OCH3 is 1. The van der Waals surface area contributed by atoms with E-state index in [0.717, 1.165) is 0 Å². The number of ether oxygens (including phenoxy) is 2. The Kier molecular flexibility index (Phi) is 4.39. The Balaban J connectivity index is 2.92. The lowest BCUT2D eigenvalue weighted by Gasteiger charge is -2.07. The normalized spacial score (nSPS) is 10.4. The first-order valence-corrected chi connectivity index (χ1v) is 4.89. The Morgan fingerprint density at radius 1 is 1.50 bits per heavy atom. The Bertz CT molecular complexity index is 396. The number of hydrogen-bond acceptors (Lipinski definition) is 4. The number of aromatic hydroxyl groups is 1. The molecule has 0 bridgehead atoms. The highest BCUT2D eigenvalue weighted by atomic mass is 16.5. The van der Waals surface area contributed by atoms with Gasteiger partial charge in [-0.1, -0.05) is 12.1 Å². The van der Waals surface area contributed by atoms with E-state index in [0.29, 0.717) is 17.9 Å². The van der Waals surface area contributed by atoms with Crippen molar-refractivity contribution < 1.29 is 19.4 Å². The lowest BCUT2D eigenvalue weighted by atomic mass is 10.1. The maximum absolute atomic E-state index is 10.9. The summed E-state index contributed by atoms with van der Waals surface area (Å²) in [7, 11) is 1.29. The molecule has 0 spiro atoms. The average molecular weight is 222 g/mol. The van der Waals surface area contributed by atoms with Crippen molar-refractivity contribution in [3.63, 3.8) is 0 Å². The van der Waals surface area contributed by atoms with Crippen LogP contribution in [0.2, 0.25) is 0 Å². The van der Waals surface area contributed by atoms with Gasteiger partial charge < -0.3 is 14.6 Å². The van der Waals surface area contributed by atoms with Gasteiger partial charge >= 0.3 is 5.97 Å². The van der Waals surface area contributed by atoms with Crippen LogP contribution >= 0.6 is 0 Å². The number of benzene rings is 1. The van der Waals surface area contributed by atoms with Crippen LogP contribution in [0.4, 0.5) is 0 Å². The van der Waals surface area contributed by atoms with Gasteiger partial charge in [-0.3, -0.25) is 0 Å². The van der Waals surface area contributed by atoms with Crippen LogP contribution in [0.3, 0.4) is 0 Å². The van der Waals surface area contributed by atoms with Gasteiger partial charge in [0, 0.05) is 11.6 Å². The minimum absolute atomic E-state index is 0.0181. The molecule has 0 heterocycles. The summed E-state index contributed by atoms with van der Waals surface area (Å²) >= 11 is 0. The molecule has 4 nitrogen and oxygen atoms in total. The molecule has 0 aliphatic carbocycles. The fraction of sp³-hybridized carbons (Fsp3) is 0.250. The maximum atomic E-state index is 10.9. The third-order valence-corrected chi connectivity index (χ3v) is 1.93. The van der Waals surface area contributed by atoms with Gasteiger partial charge in [0.25, 0.3) is 0 Å². The predicted molar refractivity (Wildman–Crippen MR) is 60.3 cm³/mol. The molecule has 0 radical (unpaired) electrons. The average Bonchev–Trinajstić information content (AvgIpc) is 2.30. The third-order valence-electron chi connectivity index (χ3n) is 1.93. The summed E-state index contributed by atoms with van der Waals surface area (Å²) in [4.78, 5) is 10.9. The minimum Gasteiger partial charge on any atom is -0.504 e. The van der Waals surface area contributed by atoms with Crippen molar-refractivity contribution in [2.24, 2.45) is 0 Å². The molecule has 0 aliphatic rings. The van der Waals surface area contributed by atoms with Crippen LogP contribution in [-0.2, 0) is 9.53 Å². The number of carbonyl (C=O) groups excluding carboxylic acids is 1. The molecule has 0 aliphatic heterocycles. The van der Waals surface area contributed by atoms with Crippen LogP contribution in [-0.4, -0.2) is 24.8 Å². The van der Waals surface area contributed by atoms with Gasteiger partial charge in [0.2, 0.25) is 0 Å². The molecule has 0 atom stereocenters. The molecule has 0 saturated carbocycles. The summed E-state index contributed by atoms with van der Waals surface area (Å²) in [5.41, 5.74) is 0.511. The second kappa shape index (κ2) is 5.80. The van der Waals surface area contributed by atoms with Gasteiger partial charge in [-0.15, -0.1) is 0 Å². The zero-order valence-corrected chi connectivity index (χ0v) is 9.27. The number of para-hydroxylation sites is 1. The zero-order valence-electron chi connectivity index (χ0n) is 9.27. The van der Waals surface area contributed by atoms with E-state index in [1.54, 1.807) is 18.2 Å². The molecule has 0 fully saturated rings. The molecular formula is C12H14O4. The number of esters is 1. The van der Waals surface area contributed by atoms with Crippen LogP contribution in [0.1, 0.15) is 12.5 Å². The van der Waals surface area contributed by atoms with Crippen molar-refractivity contribution in [2.45, 2.75) is 6.92 Å². The number of phenols is 1. The van der Waals surface area contributed by atoms with Gasteiger partial charge in [0.15, 0.2) is 11.5 Å². The van der Waals surface area contributed by atoms with Crippen LogP contribution in [0.5, 0.6) is 11.5 Å². The molecule has 1 aromatic rings. The Morgan fingerprint density at radius 2 is 2.25 bits per heavy atom. The monoisotopic (exact) mass is 222 g/mol. The van der Waals surface area contributed by atoms with Crippen molar-refractivity contribution in [3.05, 3.63) is 29.8 Å². The van der Waals surface area contributed by atoms with Crippen molar-refractivity contribution >= 4 is 12.0 Å². The molecule has 1 N–H and O–H groups in total. The molecule has 0 aromatic heterocycles. The fourth-order valence-electron chi connectivity index (χ4n) is 1.17. The van der Waals surface area contributed by atoms with E-state index in [4.69, 9.17) is 4.74 Å². The van der Waals surface area contributed by atoms with Gasteiger partial charge in [-0.05, 0) is 19.1 Å². The quantitative estimate of drug-likeness (QED) is 0.625. The Labute approximate surface area is 94.1 Å². The first-order chi connectivity index (χ1) is 7.69. The number of hydrogen-bond donors (Lipinski definition) is 1.